The third kappa shape index (κ3) is 4.25. The second-order valence-electron chi connectivity index (χ2n) is 4.30. The normalized spacial score (nSPS) is 9.81. The van der Waals surface area contributed by atoms with Gasteiger partial charge >= 0.3 is 0 Å². The van der Waals surface area contributed by atoms with Crippen LogP contribution < -0.4 is 15.4 Å². The summed E-state index contributed by atoms with van der Waals surface area (Å²) >= 11 is 5.10. The summed E-state index contributed by atoms with van der Waals surface area (Å²) in [6, 6.07) is 12.3. The lowest BCUT2D eigenvalue weighted by Gasteiger charge is -2.09. The highest BCUT2D eigenvalue weighted by molar-refractivity contribution is 7.80. The fraction of sp³-hybridized carbons (Fsp3) is 0.133. The van der Waals surface area contributed by atoms with Crippen molar-refractivity contribution in [3.05, 3.63) is 53.7 Å². The minimum absolute atomic E-state index is 0.195. The highest BCUT2D eigenvalue weighted by atomic mass is 32.1. The molecule has 0 aliphatic rings. The Morgan fingerprint density at radius 3 is 2.71 bits per heavy atom. The van der Waals surface area contributed by atoms with Gasteiger partial charge in [0.1, 0.15) is 11.6 Å². The molecule has 2 rings (SSSR count). The van der Waals surface area contributed by atoms with Crippen molar-refractivity contribution in [2.24, 2.45) is 0 Å². The van der Waals surface area contributed by atoms with Crippen LogP contribution in [0.5, 0.6) is 5.75 Å². The Balaban J connectivity index is 2.00. The smallest absolute Gasteiger partial charge is 0.257 e. The monoisotopic (exact) mass is 301 g/mol. The van der Waals surface area contributed by atoms with Gasteiger partial charge in [-0.1, -0.05) is 12.1 Å². The van der Waals surface area contributed by atoms with Crippen LogP contribution in [0.1, 0.15) is 16.1 Å². The average Bonchev–Trinajstić information content (AvgIpc) is 2.47. The van der Waals surface area contributed by atoms with Crippen molar-refractivity contribution in [3.63, 3.8) is 0 Å². The Hall–Kier alpha value is -2.47. The van der Waals surface area contributed by atoms with Gasteiger partial charge in [0.2, 0.25) is 0 Å². The molecule has 2 aromatic rings. The summed E-state index contributed by atoms with van der Waals surface area (Å²) in [5, 5.41) is 5.67. The largest absolute Gasteiger partial charge is 0.497 e. The van der Waals surface area contributed by atoms with E-state index in [1.54, 1.807) is 37.4 Å². The van der Waals surface area contributed by atoms with E-state index in [1.165, 1.54) is 0 Å². The molecule has 0 aliphatic carbocycles. The lowest BCUT2D eigenvalue weighted by atomic mass is 10.2. The molecule has 2 N–H and O–H groups in total. The number of carbonyl (C=O) groups is 1. The summed E-state index contributed by atoms with van der Waals surface area (Å²) in [4.78, 5) is 16.3. The van der Waals surface area contributed by atoms with Crippen LogP contribution in [0, 0.1) is 6.92 Å². The van der Waals surface area contributed by atoms with Gasteiger partial charge in [0.15, 0.2) is 5.11 Å². The fourth-order valence-electron chi connectivity index (χ4n) is 1.70. The second-order valence-corrected chi connectivity index (χ2v) is 4.71. The molecule has 1 aromatic carbocycles. The van der Waals surface area contributed by atoms with Crippen LogP contribution in [0.4, 0.5) is 5.82 Å². The van der Waals surface area contributed by atoms with E-state index < -0.39 is 0 Å². The zero-order chi connectivity index (χ0) is 15.2. The summed E-state index contributed by atoms with van der Waals surface area (Å²) in [5.74, 6) is 0.895. The Labute approximate surface area is 128 Å². The highest BCUT2D eigenvalue weighted by Crippen LogP contribution is 2.12. The van der Waals surface area contributed by atoms with Crippen molar-refractivity contribution in [1.29, 1.82) is 0 Å². The van der Waals surface area contributed by atoms with Crippen LogP contribution in [0.25, 0.3) is 0 Å². The number of methoxy groups -OCH3 is 1. The maximum absolute atomic E-state index is 12.1. The highest BCUT2D eigenvalue weighted by Gasteiger charge is 2.09. The topological polar surface area (TPSA) is 63.2 Å². The van der Waals surface area contributed by atoms with Gasteiger partial charge in [0, 0.05) is 11.3 Å². The number of ether oxygens (including phenoxy) is 1. The van der Waals surface area contributed by atoms with Crippen molar-refractivity contribution in [2.45, 2.75) is 6.92 Å². The first-order valence-electron chi connectivity index (χ1n) is 6.28. The molecule has 1 heterocycles. The number of aromatic nitrogens is 1. The van der Waals surface area contributed by atoms with Crippen LogP contribution in [-0.4, -0.2) is 23.1 Å². The molecule has 5 nitrogen and oxygen atoms in total. The van der Waals surface area contributed by atoms with E-state index >= 15 is 0 Å². The molecule has 6 heteroatoms. The van der Waals surface area contributed by atoms with Crippen LogP contribution in [0.3, 0.4) is 0 Å². The van der Waals surface area contributed by atoms with Gasteiger partial charge in [-0.05, 0) is 49.5 Å². The fourth-order valence-corrected chi connectivity index (χ4v) is 1.90. The minimum Gasteiger partial charge on any atom is -0.497 e. The minimum atomic E-state index is -0.306. The molecule has 108 valence electrons. The molecule has 0 saturated heterocycles. The Morgan fingerprint density at radius 2 is 2.00 bits per heavy atom. The van der Waals surface area contributed by atoms with Crippen molar-refractivity contribution in [3.8, 4) is 5.75 Å². The Kier molecular flexibility index (Phi) is 4.84. The number of hydrogen-bond donors (Lipinski definition) is 2. The van der Waals surface area contributed by atoms with E-state index in [0.29, 0.717) is 17.1 Å². The molecule has 0 fully saturated rings. The van der Waals surface area contributed by atoms with E-state index in [1.807, 2.05) is 19.1 Å². The number of pyridine rings is 1. The standard InChI is InChI=1S/C15H15N3O2S/c1-10-5-3-8-13(16-10)17-15(21)18-14(19)11-6-4-7-12(9-11)20-2/h3-9H,1-2H3,(H2,16,17,18,19,21). The lowest BCUT2D eigenvalue weighted by molar-refractivity contribution is 0.0977. The predicted octanol–water partition coefficient (Wildman–Crippen LogP) is 2.53. The summed E-state index contributed by atoms with van der Waals surface area (Å²) in [6.45, 7) is 1.88. The van der Waals surface area contributed by atoms with E-state index in [-0.39, 0.29) is 11.0 Å². The van der Waals surface area contributed by atoms with Gasteiger partial charge in [-0.25, -0.2) is 4.98 Å². The van der Waals surface area contributed by atoms with E-state index in [0.717, 1.165) is 5.69 Å². The number of amides is 1. The molecule has 1 aromatic heterocycles. The van der Waals surface area contributed by atoms with Crippen LogP contribution in [-0.2, 0) is 0 Å². The number of nitrogens with one attached hydrogen (secondary N) is 2. The molecule has 0 atom stereocenters. The SMILES string of the molecule is COc1cccc(C(=O)NC(=S)Nc2cccc(C)n2)c1. The Bertz CT molecular complexity index is 673. The first-order valence-corrected chi connectivity index (χ1v) is 6.69. The summed E-state index contributed by atoms with van der Waals surface area (Å²) in [5.41, 5.74) is 1.33. The quantitative estimate of drug-likeness (QED) is 0.853. The summed E-state index contributed by atoms with van der Waals surface area (Å²) in [6.07, 6.45) is 0. The molecule has 1 amide bonds. The van der Waals surface area contributed by atoms with Crippen LogP contribution in [0.2, 0.25) is 0 Å². The number of rotatable bonds is 3. The average molecular weight is 301 g/mol. The number of aryl methyl sites for hydroxylation is 1. The van der Waals surface area contributed by atoms with Gasteiger partial charge in [0.05, 0.1) is 7.11 Å². The number of carbonyl (C=O) groups excluding carboxylic acids is 1. The molecule has 21 heavy (non-hydrogen) atoms. The first-order chi connectivity index (χ1) is 10.1. The molecule has 0 saturated carbocycles. The molecular weight excluding hydrogens is 286 g/mol. The molecule has 0 radical (unpaired) electrons. The molecule has 0 spiro atoms. The van der Waals surface area contributed by atoms with Crippen LogP contribution in [0.15, 0.2) is 42.5 Å². The van der Waals surface area contributed by atoms with Crippen LogP contribution >= 0.6 is 12.2 Å². The predicted molar refractivity (Wildman–Crippen MR) is 85.7 cm³/mol. The maximum Gasteiger partial charge on any atom is 0.257 e. The number of nitrogens with zero attached hydrogens (tertiary/aromatic N) is 1. The van der Waals surface area contributed by atoms with Crippen molar-refractivity contribution in [2.75, 3.05) is 12.4 Å². The zero-order valence-electron chi connectivity index (χ0n) is 11.7. The molecule has 0 unspecified atom stereocenters. The molecule has 0 bridgehead atoms. The molecule has 0 aliphatic heterocycles. The molecular formula is C15H15N3O2S. The number of thiocarbonyl (C=S) groups is 1. The van der Waals surface area contributed by atoms with Gasteiger partial charge in [-0.15, -0.1) is 0 Å². The summed E-state index contributed by atoms with van der Waals surface area (Å²) in [7, 11) is 1.55. The zero-order valence-corrected chi connectivity index (χ0v) is 12.5. The lowest BCUT2D eigenvalue weighted by Crippen LogP contribution is -2.34. The second kappa shape index (κ2) is 6.81. The van der Waals surface area contributed by atoms with Gasteiger partial charge in [-0.3, -0.25) is 10.1 Å². The first kappa shape index (κ1) is 14.9. The van der Waals surface area contributed by atoms with E-state index in [2.05, 4.69) is 15.6 Å². The van der Waals surface area contributed by atoms with E-state index in [9.17, 15) is 4.79 Å². The number of hydrogen-bond acceptors (Lipinski definition) is 4. The third-order valence-electron chi connectivity index (χ3n) is 2.69. The maximum atomic E-state index is 12.1. The third-order valence-corrected chi connectivity index (χ3v) is 2.89. The van der Waals surface area contributed by atoms with E-state index in [4.69, 9.17) is 17.0 Å². The summed E-state index contributed by atoms with van der Waals surface area (Å²) < 4.78 is 5.08. The van der Waals surface area contributed by atoms with Gasteiger partial charge in [0.25, 0.3) is 5.91 Å². The van der Waals surface area contributed by atoms with Gasteiger partial charge in [-0.2, -0.15) is 0 Å². The van der Waals surface area contributed by atoms with Gasteiger partial charge < -0.3 is 10.1 Å². The number of benzene rings is 1. The Morgan fingerprint density at radius 1 is 1.24 bits per heavy atom. The van der Waals surface area contributed by atoms with Crippen molar-refractivity contribution in [1.82, 2.24) is 10.3 Å². The number of anilines is 1. The van der Waals surface area contributed by atoms with Crippen molar-refractivity contribution < 1.29 is 9.53 Å². The van der Waals surface area contributed by atoms with Crippen molar-refractivity contribution >= 4 is 29.1 Å².